The van der Waals surface area contributed by atoms with Crippen LogP contribution in [0.4, 0.5) is 0 Å². The lowest BCUT2D eigenvalue weighted by Crippen LogP contribution is -2.11. The molecule has 0 aliphatic rings. The van der Waals surface area contributed by atoms with E-state index in [1.54, 1.807) is 30.6 Å². The maximum atomic E-state index is 10.5. The van der Waals surface area contributed by atoms with Gasteiger partial charge in [0.15, 0.2) is 12.4 Å². The number of carbonyl (C=O) groups is 1. The first kappa shape index (κ1) is 12.9. The third-order valence-corrected chi connectivity index (χ3v) is 2.40. The van der Waals surface area contributed by atoms with Crippen LogP contribution in [0.25, 0.3) is 11.4 Å². The molecule has 0 spiro atoms. The molecule has 0 amide bonds. The molecule has 0 radical (unpaired) electrons. The van der Waals surface area contributed by atoms with E-state index in [1.807, 2.05) is 6.92 Å². The lowest BCUT2D eigenvalue weighted by atomic mass is 10.2. The van der Waals surface area contributed by atoms with E-state index >= 15 is 0 Å². The Hall–Kier alpha value is -2.50. The second-order valence-corrected chi connectivity index (χ2v) is 3.79. The van der Waals surface area contributed by atoms with Gasteiger partial charge < -0.3 is 9.84 Å². The highest BCUT2D eigenvalue weighted by Crippen LogP contribution is 2.18. The van der Waals surface area contributed by atoms with Gasteiger partial charge in [0, 0.05) is 29.7 Å². The molecule has 0 aromatic carbocycles. The Kier molecular flexibility index (Phi) is 4.02. The average molecular weight is 259 g/mol. The first-order chi connectivity index (χ1) is 9.19. The third-order valence-electron chi connectivity index (χ3n) is 2.40. The number of hydrogen-bond acceptors (Lipinski definition) is 5. The summed E-state index contributed by atoms with van der Waals surface area (Å²) in [5, 5.41) is 8.61. The number of carboxylic acids is 1. The molecule has 2 heterocycles. The molecule has 19 heavy (non-hydrogen) atoms. The maximum Gasteiger partial charge on any atom is 0.341 e. The molecule has 2 aromatic rings. The van der Waals surface area contributed by atoms with Gasteiger partial charge in [-0.1, -0.05) is 6.92 Å². The molecular weight excluding hydrogens is 246 g/mol. The summed E-state index contributed by atoms with van der Waals surface area (Å²) in [6.07, 6.45) is 4.01. The molecule has 2 rings (SSSR count). The van der Waals surface area contributed by atoms with Gasteiger partial charge in [-0.25, -0.2) is 9.78 Å². The Balaban J connectivity index is 2.33. The molecule has 98 valence electrons. The standard InChI is InChI=1S/C13H13N3O3/c1-2-10-7-11(19-8-12(17)18)16-13(15-10)9-3-5-14-6-4-9/h3-7H,2,8H2,1H3,(H,17,18). The maximum absolute atomic E-state index is 10.5. The molecule has 1 N–H and O–H groups in total. The summed E-state index contributed by atoms with van der Waals surface area (Å²) in [4.78, 5) is 23.0. The number of aliphatic carboxylic acids is 1. The van der Waals surface area contributed by atoms with Crippen molar-refractivity contribution in [2.75, 3.05) is 6.61 Å². The van der Waals surface area contributed by atoms with Crippen LogP contribution in [0.2, 0.25) is 0 Å². The van der Waals surface area contributed by atoms with Gasteiger partial charge in [0.1, 0.15) is 0 Å². The highest BCUT2D eigenvalue weighted by atomic mass is 16.5. The van der Waals surface area contributed by atoms with Gasteiger partial charge in [0.25, 0.3) is 0 Å². The van der Waals surface area contributed by atoms with E-state index < -0.39 is 12.6 Å². The van der Waals surface area contributed by atoms with E-state index in [0.717, 1.165) is 11.3 Å². The predicted molar refractivity (Wildman–Crippen MR) is 67.8 cm³/mol. The van der Waals surface area contributed by atoms with E-state index in [4.69, 9.17) is 9.84 Å². The second kappa shape index (κ2) is 5.90. The van der Waals surface area contributed by atoms with Gasteiger partial charge in [-0.15, -0.1) is 0 Å². The summed E-state index contributed by atoms with van der Waals surface area (Å²) in [5.41, 5.74) is 1.60. The molecule has 0 aliphatic heterocycles. The average Bonchev–Trinajstić information content (AvgIpc) is 2.45. The Bertz CT molecular complexity index is 573. The Morgan fingerprint density at radius 3 is 2.68 bits per heavy atom. The van der Waals surface area contributed by atoms with Gasteiger partial charge >= 0.3 is 5.97 Å². The van der Waals surface area contributed by atoms with Crippen LogP contribution in [0, 0.1) is 0 Å². The summed E-state index contributed by atoms with van der Waals surface area (Å²) in [6.45, 7) is 1.54. The molecule has 0 aliphatic carbocycles. The van der Waals surface area contributed by atoms with E-state index in [1.165, 1.54) is 0 Å². The number of hydrogen-bond donors (Lipinski definition) is 1. The van der Waals surface area contributed by atoms with Gasteiger partial charge in [0.05, 0.1) is 0 Å². The van der Waals surface area contributed by atoms with Crippen LogP contribution >= 0.6 is 0 Å². The largest absolute Gasteiger partial charge is 0.479 e. The SMILES string of the molecule is CCc1cc(OCC(=O)O)nc(-c2ccncc2)n1. The molecule has 0 fully saturated rings. The Morgan fingerprint density at radius 1 is 1.32 bits per heavy atom. The fourth-order valence-corrected chi connectivity index (χ4v) is 1.49. The minimum absolute atomic E-state index is 0.265. The minimum Gasteiger partial charge on any atom is -0.479 e. The van der Waals surface area contributed by atoms with Crippen molar-refractivity contribution in [3.8, 4) is 17.3 Å². The first-order valence-electron chi connectivity index (χ1n) is 5.82. The zero-order valence-corrected chi connectivity index (χ0v) is 10.4. The van der Waals surface area contributed by atoms with Crippen molar-refractivity contribution in [3.05, 3.63) is 36.3 Å². The van der Waals surface area contributed by atoms with Crippen molar-refractivity contribution in [1.29, 1.82) is 0 Å². The van der Waals surface area contributed by atoms with Crippen LogP contribution in [-0.4, -0.2) is 32.6 Å². The minimum atomic E-state index is -1.04. The van der Waals surface area contributed by atoms with Crippen LogP contribution in [0.1, 0.15) is 12.6 Å². The highest BCUT2D eigenvalue weighted by Gasteiger charge is 2.08. The summed E-state index contributed by atoms with van der Waals surface area (Å²) in [6, 6.07) is 5.22. The van der Waals surface area contributed by atoms with E-state index in [9.17, 15) is 4.79 Å². The quantitative estimate of drug-likeness (QED) is 0.877. The molecule has 0 bridgehead atoms. The van der Waals surface area contributed by atoms with Gasteiger partial charge in [0.2, 0.25) is 5.88 Å². The van der Waals surface area contributed by atoms with Gasteiger partial charge in [-0.3, -0.25) is 4.98 Å². The smallest absolute Gasteiger partial charge is 0.341 e. The number of ether oxygens (including phenoxy) is 1. The van der Waals surface area contributed by atoms with Gasteiger partial charge in [-0.2, -0.15) is 4.98 Å². The topological polar surface area (TPSA) is 85.2 Å². The Morgan fingerprint density at radius 2 is 2.05 bits per heavy atom. The molecule has 0 saturated carbocycles. The Labute approximate surface area is 110 Å². The molecule has 2 aromatic heterocycles. The summed E-state index contributed by atoms with van der Waals surface area (Å²) >= 11 is 0. The van der Waals surface area contributed by atoms with Crippen molar-refractivity contribution in [3.63, 3.8) is 0 Å². The van der Waals surface area contributed by atoms with E-state index in [2.05, 4.69) is 15.0 Å². The van der Waals surface area contributed by atoms with Crippen molar-refractivity contribution in [2.45, 2.75) is 13.3 Å². The number of aromatic nitrogens is 3. The van der Waals surface area contributed by atoms with E-state index in [-0.39, 0.29) is 5.88 Å². The van der Waals surface area contributed by atoms with Crippen molar-refractivity contribution < 1.29 is 14.6 Å². The number of nitrogens with zero attached hydrogens (tertiary/aromatic N) is 3. The lowest BCUT2D eigenvalue weighted by molar-refractivity contribution is -0.139. The van der Waals surface area contributed by atoms with Crippen LogP contribution in [0.5, 0.6) is 5.88 Å². The van der Waals surface area contributed by atoms with Crippen LogP contribution in [0.3, 0.4) is 0 Å². The van der Waals surface area contributed by atoms with Crippen molar-refractivity contribution >= 4 is 5.97 Å². The molecule has 0 saturated heterocycles. The second-order valence-electron chi connectivity index (χ2n) is 3.79. The highest BCUT2D eigenvalue weighted by molar-refractivity contribution is 5.68. The van der Waals surface area contributed by atoms with Crippen molar-refractivity contribution in [2.24, 2.45) is 0 Å². The fraction of sp³-hybridized carbons (Fsp3) is 0.231. The first-order valence-corrected chi connectivity index (χ1v) is 5.82. The summed E-state index contributed by atoms with van der Waals surface area (Å²) in [5.74, 6) is -0.273. The molecular formula is C13H13N3O3. The molecule has 0 unspecified atom stereocenters. The zero-order valence-electron chi connectivity index (χ0n) is 10.4. The third kappa shape index (κ3) is 3.48. The zero-order chi connectivity index (χ0) is 13.7. The van der Waals surface area contributed by atoms with Gasteiger partial charge in [-0.05, 0) is 18.6 Å². The molecule has 0 atom stereocenters. The summed E-state index contributed by atoms with van der Waals surface area (Å²) < 4.78 is 5.11. The number of aryl methyl sites for hydroxylation is 1. The lowest BCUT2D eigenvalue weighted by Gasteiger charge is -2.07. The number of rotatable bonds is 5. The number of pyridine rings is 1. The number of carboxylic acid groups (broad SMARTS) is 1. The predicted octanol–water partition coefficient (Wildman–Crippen LogP) is 1.56. The van der Waals surface area contributed by atoms with E-state index in [0.29, 0.717) is 12.2 Å². The van der Waals surface area contributed by atoms with Crippen LogP contribution in [0.15, 0.2) is 30.6 Å². The van der Waals surface area contributed by atoms with Crippen LogP contribution < -0.4 is 4.74 Å². The van der Waals surface area contributed by atoms with Crippen LogP contribution in [-0.2, 0) is 11.2 Å². The normalized spacial score (nSPS) is 10.2. The summed E-state index contributed by atoms with van der Waals surface area (Å²) in [7, 11) is 0. The molecule has 6 heteroatoms. The molecule has 6 nitrogen and oxygen atoms in total. The van der Waals surface area contributed by atoms with Crippen molar-refractivity contribution in [1.82, 2.24) is 15.0 Å². The fourth-order valence-electron chi connectivity index (χ4n) is 1.49. The monoisotopic (exact) mass is 259 g/mol.